The highest BCUT2D eigenvalue weighted by Crippen LogP contribution is 2.34. The molecular formula is C26H33IN2S. The van der Waals surface area contributed by atoms with E-state index in [1.54, 1.807) is 11.3 Å². The van der Waals surface area contributed by atoms with Crippen LogP contribution in [0.1, 0.15) is 61.2 Å². The number of hydrogen-bond acceptors (Lipinski definition) is 2. The van der Waals surface area contributed by atoms with Crippen LogP contribution >= 0.6 is 11.3 Å². The van der Waals surface area contributed by atoms with Crippen LogP contribution in [-0.4, -0.2) is 18.7 Å². The molecule has 0 amide bonds. The Labute approximate surface area is 203 Å². The third-order valence-corrected chi connectivity index (χ3v) is 6.45. The first-order valence-corrected chi connectivity index (χ1v) is 11.2. The molecule has 0 fully saturated rings. The molecule has 3 rings (SSSR count). The van der Waals surface area contributed by atoms with Crippen LogP contribution in [0.25, 0.3) is 23.4 Å². The lowest BCUT2D eigenvalue weighted by molar-refractivity contribution is -0.00000610. The van der Waals surface area contributed by atoms with E-state index in [-0.39, 0.29) is 24.0 Å². The molecule has 4 heteroatoms. The quantitative estimate of drug-likeness (QED) is 0.335. The number of halogens is 1. The van der Waals surface area contributed by atoms with Gasteiger partial charge in [0.25, 0.3) is 0 Å². The maximum atomic E-state index is 2.38. The number of benzene rings is 2. The molecule has 160 valence electrons. The van der Waals surface area contributed by atoms with Crippen molar-refractivity contribution in [2.45, 2.75) is 39.5 Å². The first-order valence-electron chi connectivity index (χ1n) is 10.3. The SMILES string of the molecule is CC(C)c1ccc(C(C)C)c(-c2cs[c+](/C=C/c3ccc(N(C)C)cc3)n2C)c1.[I-]. The fourth-order valence-corrected chi connectivity index (χ4v) is 4.42. The predicted molar refractivity (Wildman–Crippen MR) is 131 cm³/mol. The highest BCUT2D eigenvalue weighted by Gasteiger charge is 2.19. The van der Waals surface area contributed by atoms with E-state index in [9.17, 15) is 0 Å². The van der Waals surface area contributed by atoms with Crippen molar-refractivity contribution in [3.05, 3.63) is 69.5 Å². The van der Waals surface area contributed by atoms with Gasteiger partial charge in [0.2, 0.25) is 0 Å². The Hall–Kier alpha value is -1.66. The van der Waals surface area contributed by atoms with Gasteiger partial charge < -0.3 is 28.9 Å². The van der Waals surface area contributed by atoms with Crippen LogP contribution in [0.3, 0.4) is 0 Å². The van der Waals surface area contributed by atoms with E-state index >= 15 is 0 Å². The molecule has 0 aliphatic heterocycles. The Kier molecular flexibility index (Phi) is 8.68. The fourth-order valence-electron chi connectivity index (χ4n) is 3.50. The maximum Gasteiger partial charge on any atom is 0.184 e. The zero-order chi connectivity index (χ0) is 21.1. The average molecular weight is 533 g/mol. The zero-order valence-electron chi connectivity index (χ0n) is 19.1. The molecule has 0 saturated heterocycles. The largest absolute Gasteiger partial charge is 1.00 e. The van der Waals surface area contributed by atoms with E-state index in [4.69, 9.17) is 0 Å². The fraction of sp³-hybridized carbons (Fsp3) is 0.346. The molecule has 1 aromatic heterocycles. The van der Waals surface area contributed by atoms with Gasteiger partial charge in [0.15, 0.2) is 10.7 Å². The van der Waals surface area contributed by atoms with Gasteiger partial charge in [0.05, 0.1) is 11.6 Å². The highest BCUT2D eigenvalue weighted by atomic mass is 127. The van der Waals surface area contributed by atoms with E-state index in [0.717, 1.165) is 0 Å². The Morgan fingerprint density at radius 2 is 1.63 bits per heavy atom. The molecular weight excluding hydrogens is 499 g/mol. The van der Waals surface area contributed by atoms with E-state index < -0.39 is 0 Å². The molecule has 2 nitrogen and oxygen atoms in total. The summed E-state index contributed by atoms with van der Waals surface area (Å²) in [4.78, 5) is 2.12. The van der Waals surface area contributed by atoms with Crippen molar-refractivity contribution >= 4 is 29.2 Å². The van der Waals surface area contributed by atoms with E-state index in [1.165, 1.54) is 38.6 Å². The Balaban J connectivity index is 0.00000320. The summed E-state index contributed by atoms with van der Waals surface area (Å²) in [6, 6.07) is 15.6. The van der Waals surface area contributed by atoms with Gasteiger partial charge >= 0.3 is 0 Å². The van der Waals surface area contributed by atoms with Crippen LogP contribution in [0.15, 0.2) is 47.8 Å². The van der Waals surface area contributed by atoms with E-state index in [0.29, 0.717) is 11.8 Å². The summed E-state index contributed by atoms with van der Waals surface area (Å²) in [5.41, 5.74) is 7.91. The summed E-state index contributed by atoms with van der Waals surface area (Å²) < 4.78 is 2.32. The van der Waals surface area contributed by atoms with Gasteiger partial charge in [-0.15, -0.1) is 0 Å². The van der Waals surface area contributed by atoms with Crippen molar-refractivity contribution in [3.63, 3.8) is 0 Å². The van der Waals surface area contributed by atoms with Gasteiger partial charge in [-0.1, -0.05) is 39.8 Å². The van der Waals surface area contributed by atoms with Gasteiger partial charge in [0, 0.05) is 38.5 Å². The van der Waals surface area contributed by atoms with Crippen molar-refractivity contribution in [1.82, 2.24) is 4.57 Å². The minimum absolute atomic E-state index is 0. The maximum absolute atomic E-state index is 2.38. The number of anilines is 1. The van der Waals surface area contributed by atoms with Gasteiger partial charge in [-0.05, 0) is 64.6 Å². The van der Waals surface area contributed by atoms with Crippen molar-refractivity contribution < 1.29 is 24.0 Å². The molecule has 0 aliphatic rings. The van der Waals surface area contributed by atoms with Crippen molar-refractivity contribution in [2.24, 2.45) is 7.05 Å². The third kappa shape index (κ3) is 5.52. The minimum Gasteiger partial charge on any atom is -1.00 e. The van der Waals surface area contributed by atoms with Crippen LogP contribution in [0.5, 0.6) is 0 Å². The first-order chi connectivity index (χ1) is 13.8. The molecule has 0 saturated carbocycles. The second-order valence-electron chi connectivity index (χ2n) is 8.49. The molecule has 0 N–H and O–H groups in total. The second-order valence-corrected chi connectivity index (χ2v) is 9.38. The number of thiazole rings is 1. The lowest BCUT2D eigenvalue weighted by atomic mass is 9.91. The molecule has 0 atom stereocenters. The van der Waals surface area contributed by atoms with E-state index in [2.05, 4.69) is 118 Å². The molecule has 0 unspecified atom stereocenters. The van der Waals surface area contributed by atoms with Crippen LogP contribution in [-0.2, 0) is 7.05 Å². The lowest BCUT2D eigenvalue weighted by Gasteiger charge is -2.14. The topological polar surface area (TPSA) is 8.17 Å². The molecule has 30 heavy (non-hydrogen) atoms. The summed E-state index contributed by atoms with van der Waals surface area (Å²) in [6.45, 7) is 9.08. The molecule has 0 aliphatic carbocycles. The van der Waals surface area contributed by atoms with Gasteiger partial charge in [-0.3, -0.25) is 0 Å². The average Bonchev–Trinajstić information content (AvgIpc) is 3.06. The summed E-state index contributed by atoms with van der Waals surface area (Å²) in [5.74, 6) is 1.03. The Bertz CT molecular complexity index is 998. The summed E-state index contributed by atoms with van der Waals surface area (Å²) >= 11 is 1.80. The summed E-state index contributed by atoms with van der Waals surface area (Å²) in [6.07, 6.45) is 4.42. The Morgan fingerprint density at radius 1 is 0.967 bits per heavy atom. The predicted octanol–water partition coefficient (Wildman–Crippen LogP) is 4.52. The van der Waals surface area contributed by atoms with Crippen LogP contribution in [0, 0.1) is 0 Å². The lowest BCUT2D eigenvalue weighted by Crippen LogP contribution is -3.00. The van der Waals surface area contributed by atoms with Crippen molar-refractivity contribution in [3.8, 4) is 11.3 Å². The monoisotopic (exact) mass is 532 g/mol. The van der Waals surface area contributed by atoms with Crippen LogP contribution in [0.2, 0.25) is 0 Å². The summed E-state index contributed by atoms with van der Waals surface area (Å²) in [7, 11) is 6.31. The van der Waals surface area contributed by atoms with Crippen LogP contribution < -0.4 is 28.9 Å². The summed E-state index contributed by atoms with van der Waals surface area (Å²) in [5, 5.41) is 3.54. The van der Waals surface area contributed by atoms with Gasteiger partial charge in [0.1, 0.15) is 5.38 Å². The minimum atomic E-state index is 0. The smallest absolute Gasteiger partial charge is 0.184 e. The number of aromatic nitrogens is 1. The second kappa shape index (κ2) is 10.6. The van der Waals surface area contributed by atoms with Gasteiger partial charge in [-0.2, -0.15) is 0 Å². The highest BCUT2D eigenvalue weighted by molar-refractivity contribution is 7.11. The van der Waals surface area contributed by atoms with E-state index in [1.807, 2.05) is 0 Å². The molecule has 0 spiro atoms. The molecule has 0 radical (unpaired) electrons. The number of rotatable bonds is 6. The normalized spacial score (nSPS) is 11.4. The first kappa shape index (κ1) is 24.6. The standard InChI is InChI=1S/C26H33N2S.HI/c1-18(2)21-11-14-23(19(3)4)24(16-21)25-17-29-26(28(25)7)15-10-20-8-12-22(13-9-20)27(5)6;/h8-19H,1-7H3;1H/q+1;/p-1/b15-10+;. The Morgan fingerprint density at radius 3 is 2.20 bits per heavy atom. The number of hydrogen-bond donors (Lipinski definition) is 0. The van der Waals surface area contributed by atoms with Gasteiger partial charge in [-0.25, -0.2) is 4.57 Å². The molecule has 2 aromatic carbocycles. The van der Waals surface area contributed by atoms with Crippen molar-refractivity contribution in [2.75, 3.05) is 19.0 Å². The molecule has 3 aromatic rings. The van der Waals surface area contributed by atoms with Crippen LogP contribution in [0.4, 0.5) is 5.69 Å². The number of nitrogens with zero attached hydrogens (tertiary/aromatic N) is 2. The molecule has 1 heterocycles. The van der Waals surface area contributed by atoms with Crippen molar-refractivity contribution in [1.29, 1.82) is 0 Å². The zero-order valence-corrected chi connectivity index (χ0v) is 22.1. The molecule has 0 bridgehead atoms. The third-order valence-electron chi connectivity index (χ3n) is 5.45.